The summed E-state index contributed by atoms with van der Waals surface area (Å²) in [5.74, 6) is -0.939. The van der Waals surface area contributed by atoms with Gasteiger partial charge in [-0.2, -0.15) is 5.10 Å². The lowest BCUT2D eigenvalue weighted by Crippen LogP contribution is -2.56. The Bertz CT molecular complexity index is 1480. The smallest absolute Gasteiger partial charge is 0.461 e. The molecule has 43 heavy (non-hydrogen) atoms. The second kappa shape index (κ2) is 12.4. The Morgan fingerprint density at radius 3 is 2.70 bits per heavy atom. The number of benzene rings is 1. The summed E-state index contributed by atoms with van der Waals surface area (Å²) in [5.41, 5.74) is 3.40. The van der Waals surface area contributed by atoms with Crippen LogP contribution in [0.3, 0.4) is 0 Å². The summed E-state index contributed by atoms with van der Waals surface area (Å²) < 4.78 is 51.2. The van der Waals surface area contributed by atoms with Crippen molar-refractivity contribution in [3.05, 3.63) is 41.2 Å². The lowest BCUT2D eigenvalue weighted by atomic mass is 9.93. The SMILES string of the molecule is CCOC(=O)c1nn(CCO)c2c1CCc1cnc(Nc3cc(N4CC(C)N(C)C(CC)C4)ccc3OC(F)(F)F)nc1-2. The van der Waals surface area contributed by atoms with Crippen LogP contribution in [0.1, 0.15) is 48.8 Å². The Kier molecular flexibility index (Phi) is 8.79. The van der Waals surface area contributed by atoms with Gasteiger partial charge in [0, 0.05) is 42.6 Å². The van der Waals surface area contributed by atoms with E-state index in [4.69, 9.17) is 4.74 Å². The number of hydrogen-bond acceptors (Lipinski definition) is 10. The monoisotopic (exact) mass is 603 g/mol. The van der Waals surface area contributed by atoms with Crippen molar-refractivity contribution < 1.29 is 32.5 Å². The van der Waals surface area contributed by atoms with Gasteiger partial charge in [-0.3, -0.25) is 9.58 Å². The number of rotatable bonds is 9. The summed E-state index contributed by atoms with van der Waals surface area (Å²) in [5, 5.41) is 17.0. The van der Waals surface area contributed by atoms with E-state index in [9.17, 15) is 23.1 Å². The molecule has 0 bridgehead atoms. The lowest BCUT2D eigenvalue weighted by molar-refractivity contribution is -0.274. The third-order valence-electron chi connectivity index (χ3n) is 8.02. The fourth-order valence-corrected chi connectivity index (χ4v) is 5.78. The normalized spacial score (nSPS) is 18.7. The number of hydrogen-bond donors (Lipinski definition) is 2. The maximum absolute atomic E-state index is 13.4. The van der Waals surface area contributed by atoms with Crippen molar-refractivity contribution in [3.8, 4) is 17.1 Å². The predicted octanol–water partition coefficient (Wildman–Crippen LogP) is 4.17. The number of alkyl halides is 3. The number of likely N-dealkylation sites (N-methyl/N-ethyl adjacent to an activating group) is 1. The molecule has 3 heterocycles. The molecule has 1 aliphatic carbocycles. The summed E-state index contributed by atoms with van der Waals surface area (Å²) in [6.07, 6.45) is -1.34. The van der Waals surface area contributed by atoms with Crippen molar-refractivity contribution in [1.29, 1.82) is 0 Å². The van der Waals surface area contributed by atoms with Gasteiger partial charge >= 0.3 is 12.3 Å². The molecule has 5 rings (SSSR count). The maximum atomic E-state index is 13.4. The number of aryl methyl sites for hydroxylation is 1. The first-order chi connectivity index (χ1) is 20.5. The van der Waals surface area contributed by atoms with Gasteiger partial charge in [-0.1, -0.05) is 6.92 Å². The van der Waals surface area contributed by atoms with E-state index < -0.39 is 18.1 Å². The van der Waals surface area contributed by atoms with Crippen LogP contribution in [0.15, 0.2) is 24.4 Å². The predicted molar refractivity (Wildman–Crippen MR) is 154 cm³/mol. The van der Waals surface area contributed by atoms with Gasteiger partial charge in [-0.25, -0.2) is 14.8 Å². The van der Waals surface area contributed by atoms with E-state index >= 15 is 0 Å². The van der Waals surface area contributed by atoms with Crippen LogP contribution < -0.4 is 15.0 Å². The molecule has 3 aromatic rings. The van der Waals surface area contributed by atoms with Gasteiger partial charge < -0.3 is 24.8 Å². The second-order valence-corrected chi connectivity index (χ2v) is 10.7. The summed E-state index contributed by atoms with van der Waals surface area (Å²) in [6.45, 7) is 7.45. The standard InChI is InChI=1S/C29H36F3N7O4/c1-5-19-16-38(15-17(3)37(19)4)20-8-10-23(43-29(30,31)32)22(13-20)34-28-33-14-18-7-9-21-25(27(41)42-6-2)36-39(11-12-40)26(21)24(18)35-28/h8,10,13-14,17,19,40H,5-7,9,11-12,15-16H2,1-4H3,(H,33,34,35). The third-order valence-corrected chi connectivity index (χ3v) is 8.02. The molecule has 0 radical (unpaired) electrons. The number of nitrogens with zero attached hydrogens (tertiary/aromatic N) is 6. The first kappa shape index (κ1) is 30.5. The number of aliphatic hydroxyl groups is 1. The summed E-state index contributed by atoms with van der Waals surface area (Å²) in [7, 11) is 2.09. The number of piperazine rings is 1. The third kappa shape index (κ3) is 6.39. The molecule has 2 atom stereocenters. The van der Waals surface area contributed by atoms with Crippen molar-refractivity contribution in [2.75, 3.05) is 43.6 Å². The molecule has 1 aliphatic heterocycles. The number of carbonyl (C=O) groups excluding carboxylic acids is 1. The highest BCUT2D eigenvalue weighted by Crippen LogP contribution is 2.38. The zero-order valence-electron chi connectivity index (χ0n) is 24.6. The molecule has 2 N–H and O–H groups in total. The molecule has 11 nitrogen and oxygen atoms in total. The summed E-state index contributed by atoms with van der Waals surface area (Å²) in [4.78, 5) is 26.2. The number of esters is 1. The van der Waals surface area contributed by atoms with Crippen LogP contribution in [-0.2, 0) is 24.1 Å². The average Bonchev–Trinajstić information content (AvgIpc) is 3.34. The molecule has 14 heteroatoms. The molecule has 0 spiro atoms. The number of carbonyl (C=O) groups is 1. The molecular weight excluding hydrogens is 567 g/mol. The molecule has 1 saturated heterocycles. The van der Waals surface area contributed by atoms with Crippen LogP contribution in [0.4, 0.5) is 30.5 Å². The number of aromatic nitrogens is 4. The number of fused-ring (bicyclic) bond motifs is 3. The second-order valence-electron chi connectivity index (χ2n) is 10.7. The molecular formula is C29H36F3N7O4. The van der Waals surface area contributed by atoms with Crippen LogP contribution in [-0.4, -0.2) is 87.5 Å². The molecule has 0 amide bonds. The first-order valence-corrected chi connectivity index (χ1v) is 14.4. The number of halogens is 3. The Morgan fingerprint density at radius 1 is 1.21 bits per heavy atom. The van der Waals surface area contributed by atoms with E-state index in [-0.39, 0.29) is 43.1 Å². The minimum Gasteiger partial charge on any atom is -0.461 e. The number of aliphatic hydroxyl groups excluding tert-OH is 1. The molecule has 1 fully saturated rings. The van der Waals surface area contributed by atoms with Gasteiger partial charge in [-0.05, 0) is 63.9 Å². The Labute approximate surface area is 247 Å². The van der Waals surface area contributed by atoms with Crippen LogP contribution in [0.25, 0.3) is 11.4 Å². The highest BCUT2D eigenvalue weighted by molar-refractivity contribution is 5.91. The van der Waals surface area contributed by atoms with Gasteiger partial charge in [0.15, 0.2) is 11.4 Å². The summed E-state index contributed by atoms with van der Waals surface area (Å²) >= 11 is 0. The van der Waals surface area contributed by atoms with Crippen LogP contribution in [0.5, 0.6) is 5.75 Å². The number of ether oxygens (including phenoxy) is 2. The minimum absolute atomic E-state index is 0.0448. The number of nitrogens with one attached hydrogen (secondary N) is 1. The maximum Gasteiger partial charge on any atom is 0.573 e. The molecule has 0 saturated carbocycles. The molecule has 2 unspecified atom stereocenters. The van der Waals surface area contributed by atoms with Crippen molar-refractivity contribution in [1.82, 2.24) is 24.6 Å². The van der Waals surface area contributed by atoms with E-state index in [2.05, 4.69) is 55.8 Å². The van der Waals surface area contributed by atoms with Crippen LogP contribution in [0.2, 0.25) is 0 Å². The van der Waals surface area contributed by atoms with E-state index in [1.807, 2.05) is 0 Å². The Hall–Kier alpha value is -3.91. The van der Waals surface area contributed by atoms with Crippen molar-refractivity contribution in [3.63, 3.8) is 0 Å². The van der Waals surface area contributed by atoms with Gasteiger partial charge in [0.1, 0.15) is 0 Å². The molecule has 232 valence electrons. The minimum atomic E-state index is -4.90. The number of anilines is 3. The van der Waals surface area contributed by atoms with Crippen LogP contribution in [0, 0.1) is 0 Å². The van der Waals surface area contributed by atoms with E-state index in [0.29, 0.717) is 42.4 Å². The van der Waals surface area contributed by atoms with Crippen molar-refractivity contribution in [2.24, 2.45) is 0 Å². The fraction of sp³-hybridized carbons (Fsp3) is 0.517. The topological polar surface area (TPSA) is 118 Å². The molecule has 2 aliphatic rings. The average molecular weight is 604 g/mol. The highest BCUT2D eigenvalue weighted by Gasteiger charge is 2.34. The zero-order valence-corrected chi connectivity index (χ0v) is 24.6. The fourth-order valence-electron chi connectivity index (χ4n) is 5.78. The highest BCUT2D eigenvalue weighted by atomic mass is 19.4. The lowest BCUT2D eigenvalue weighted by Gasteiger charge is -2.44. The largest absolute Gasteiger partial charge is 0.573 e. The Balaban J connectivity index is 1.53. The van der Waals surface area contributed by atoms with E-state index in [1.54, 1.807) is 25.3 Å². The first-order valence-electron chi connectivity index (χ1n) is 14.4. The van der Waals surface area contributed by atoms with E-state index in [0.717, 1.165) is 24.2 Å². The van der Waals surface area contributed by atoms with E-state index in [1.165, 1.54) is 10.7 Å². The summed E-state index contributed by atoms with van der Waals surface area (Å²) in [6, 6.07) is 5.10. The van der Waals surface area contributed by atoms with Gasteiger partial charge in [-0.15, -0.1) is 13.2 Å². The van der Waals surface area contributed by atoms with Crippen LogP contribution >= 0.6 is 0 Å². The van der Waals surface area contributed by atoms with Gasteiger partial charge in [0.05, 0.1) is 36.8 Å². The molecule has 1 aromatic carbocycles. The quantitative estimate of drug-likeness (QED) is 0.345. The van der Waals surface area contributed by atoms with Crippen molar-refractivity contribution >= 4 is 23.3 Å². The van der Waals surface area contributed by atoms with Gasteiger partial charge in [0.2, 0.25) is 5.95 Å². The Morgan fingerprint density at radius 2 is 2.00 bits per heavy atom. The van der Waals surface area contributed by atoms with Crippen molar-refractivity contribution in [2.45, 2.75) is 65.0 Å². The molecule has 2 aromatic heterocycles. The zero-order chi connectivity index (χ0) is 30.9. The van der Waals surface area contributed by atoms with Gasteiger partial charge in [0.25, 0.3) is 0 Å².